The van der Waals surface area contributed by atoms with Crippen molar-refractivity contribution >= 4 is 34.6 Å². The van der Waals surface area contributed by atoms with E-state index >= 15 is 0 Å². The molecule has 21 heavy (non-hydrogen) atoms. The van der Waals surface area contributed by atoms with Gasteiger partial charge in [-0.3, -0.25) is 0 Å². The molecule has 0 radical (unpaired) electrons. The maximum Gasteiger partial charge on any atom is 0.417 e. The van der Waals surface area contributed by atoms with Crippen molar-refractivity contribution < 1.29 is 23.1 Å². The first-order chi connectivity index (χ1) is 9.77. The lowest BCUT2D eigenvalue weighted by molar-refractivity contribution is -0.138. The van der Waals surface area contributed by atoms with Gasteiger partial charge in [-0.1, -0.05) is 6.07 Å². The van der Waals surface area contributed by atoms with Crippen LogP contribution in [-0.2, 0) is 11.0 Å². The number of benzene rings is 1. The fraction of sp³-hybridized carbons (Fsp3) is 0.0769. The van der Waals surface area contributed by atoms with E-state index in [1.165, 1.54) is 23.0 Å². The number of halogens is 4. The van der Waals surface area contributed by atoms with Crippen molar-refractivity contribution in [2.75, 3.05) is 0 Å². The van der Waals surface area contributed by atoms with Crippen molar-refractivity contribution in [3.05, 3.63) is 51.4 Å². The molecule has 1 aromatic carbocycles. The van der Waals surface area contributed by atoms with E-state index in [1.807, 2.05) is 22.6 Å². The number of carbonyl (C=O) groups is 1. The minimum absolute atomic E-state index is 0.212. The number of carboxylic acid groups (broad SMARTS) is 1. The number of aromatic nitrogens is 2. The monoisotopic (exact) mass is 408 g/mol. The molecule has 0 aliphatic heterocycles. The first kappa shape index (κ1) is 15.5. The van der Waals surface area contributed by atoms with E-state index in [4.69, 9.17) is 5.11 Å². The summed E-state index contributed by atoms with van der Waals surface area (Å²) in [6.07, 6.45) is 0.103. The maximum atomic E-state index is 13.1. The lowest BCUT2D eigenvalue weighted by Gasteiger charge is -2.12. The summed E-state index contributed by atoms with van der Waals surface area (Å²) < 4.78 is 41.3. The van der Waals surface area contributed by atoms with Crippen LogP contribution in [0.15, 0.2) is 36.7 Å². The highest BCUT2D eigenvalue weighted by Crippen LogP contribution is 2.34. The highest BCUT2D eigenvalue weighted by molar-refractivity contribution is 14.1. The number of nitrogens with zero attached hydrogens (tertiary/aromatic N) is 2. The van der Waals surface area contributed by atoms with Crippen LogP contribution in [0.25, 0.3) is 11.8 Å². The van der Waals surface area contributed by atoms with Crippen molar-refractivity contribution in [2.24, 2.45) is 0 Å². The van der Waals surface area contributed by atoms with Crippen molar-refractivity contribution in [1.82, 2.24) is 9.78 Å². The van der Waals surface area contributed by atoms with E-state index in [9.17, 15) is 18.0 Å². The average molecular weight is 408 g/mol. The zero-order valence-corrected chi connectivity index (χ0v) is 12.5. The molecule has 0 unspecified atom stereocenters. The van der Waals surface area contributed by atoms with Crippen LogP contribution in [0, 0.1) is 3.57 Å². The van der Waals surface area contributed by atoms with Crippen LogP contribution in [-0.4, -0.2) is 20.9 Å². The second kappa shape index (κ2) is 5.88. The van der Waals surface area contributed by atoms with Crippen molar-refractivity contribution in [3.8, 4) is 5.69 Å². The third-order valence-electron chi connectivity index (χ3n) is 2.56. The van der Waals surface area contributed by atoms with E-state index in [-0.39, 0.29) is 11.3 Å². The Balaban J connectivity index is 2.52. The van der Waals surface area contributed by atoms with Gasteiger partial charge in [0.2, 0.25) is 0 Å². The van der Waals surface area contributed by atoms with Gasteiger partial charge < -0.3 is 5.11 Å². The summed E-state index contributed by atoms with van der Waals surface area (Å²) in [5, 5.41) is 12.5. The van der Waals surface area contributed by atoms with E-state index in [0.717, 1.165) is 15.7 Å². The number of hydrogen-bond donors (Lipinski definition) is 1. The number of alkyl halides is 3. The number of rotatable bonds is 3. The third-order valence-corrected chi connectivity index (χ3v) is 3.12. The van der Waals surface area contributed by atoms with Crippen LogP contribution in [0.4, 0.5) is 13.2 Å². The van der Waals surface area contributed by atoms with Gasteiger partial charge in [-0.25, -0.2) is 9.48 Å². The highest BCUT2D eigenvalue weighted by atomic mass is 127. The zero-order chi connectivity index (χ0) is 15.6. The Bertz CT molecular complexity index is 708. The third kappa shape index (κ3) is 3.84. The van der Waals surface area contributed by atoms with Gasteiger partial charge in [0, 0.05) is 12.3 Å². The summed E-state index contributed by atoms with van der Waals surface area (Å²) >= 11 is 2.00. The van der Waals surface area contributed by atoms with Gasteiger partial charge >= 0.3 is 12.1 Å². The minimum atomic E-state index is -4.59. The maximum absolute atomic E-state index is 13.1. The van der Waals surface area contributed by atoms with Gasteiger partial charge in [0.05, 0.1) is 21.0 Å². The van der Waals surface area contributed by atoms with E-state index in [0.29, 0.717) is 6.08 Å². The van der Waals surface area contributed by atoms with Crippen LogP contribution in [0.5, 0.6) is 0 Å². The standard InChI is InChI=1S/C13H8F3IN2O2/c14-13(15,16)11-5-10(19-7-9(17)6-18-19)3-1-8(11)2-4-12(20)21/h1-7H,(H,20,21)/b4-2+. The average Bonchev–Trinajstić information content (AvgIpc) is 2.81. The van der Waals surface area contributed by atoms with Crippen LogP contribution in [0.3, 0.4) is 0 Å². The Morgan fingerprint density at radius 1 is 1.38 bits per heavy atom. The number of carboxylic acids is 1. The summed E-state index contributed by atoms with van der Waals surface area (Å²) in [4.78, 5) is 10.4. The summed E-state index contributed by atoms with van der Waals surface area (Å²) in [7, 11) is 0. The predicted octanol–water partition coefficient (Wildman–Crippen LogP) is 3.59. The SMILES string of the molecule is O=C(O)/C=C/c1ccc(-n2cc(I)cn2)cc1C(F)(F)F. The Morgan fingerprint density at radius 2 is 2.10 bits per heavy atom. The summed E-state index contributed by atoms with van der Waals surface area (Å²) in [6, 6.07) is 3.59. The Hall–Kier alpha value is -1.84. The quantitative estimate of drug-likeness (QED) is 0.624. The molecule has 1 N–H and O–H groups in total. The van der Waals surface area contributed by atoms with E-state index in [2.05, 4.69) is 5.10 Å². The molecule has 2 rings (SSSR count). The van der Waals surface area contributed by atoms with Crippen molar-refractivity contribution in [2.45, 2.75) is 6.18 Å². The molecule has 8 heteroatoms. The Morgan fingerprint density at radius 3 is 2.62 bits per heavy atom. The largest absolute Gasteiger partial charge is 0.478 e. The molecule has 0 fully saturated rings. The lowest BCUT2D eigenvalue weighted by atomic mass is 10.1. The van der Waals surface area contributed by atoms with Gasteiger partial charge in [0.1, 0.15) is 0 Å². The molecule has 0 atom stereocenters. The molecule has 0 amide bonds. The summed E-state index contributed by atoms with van der Waals surface area (Å²) in [5.74, 6) is -1.31. The normalized spacial score (nSPS) is 12.0. The van der Waals surface area contributed by atoms with Crippen LogP contribution in [0.2, 0.25) is 0 Å². The fourth-order valence-electron chi connectivity index (χ4n) is 1.68. The van der Waals surface area contributed by atoms with Crippen LogP contribution in [0.1, 0.15) is 11.1 Å². The molecule has 1 heterocycles. The molecule has 0 bridgehead atoms. The van der Waals surface area contributed by atoms with Gasteiger partial charge in [-0.2, -0.15) is 18.3 Å². The van der Waals surface area contributed by atoms with Crippen molar-refractivity contribution in [3.63, 3.8) is 0 Å². The second-order valence-corrected chi connectivity index (χ2v) is 5.29. The van der Waals surface area contributed by atoms with Crippen molar-refractivity contribution in [1.29, 1.82) is 0 Å². The fourth-order valence-corrected chi connectivity index (χ4v) is 2.07. The van der Waals surface area contributed by atoms with Gasteiger partial charge in [0.15, 0.2) is 0 Å². The smallest absolute Gasteiger partial charge is 0.417 e. The molecule has 2 aromatic rings. The second-order valence-electron chi connectivity index (χ2n) is 4.04. The first-order valence-corrected chi connectivity index (χ1v) is 6.68. The molecule has 4 nitrogen and oxygen atoms in total. The lowest BCUT2D eigenvalue weighted by Crippen LogP contribution is -2.09. The molecule has 0 saturated heterocycles. The molecule has 0 aliphatic carbocycles. The molecule has 0 aliphatic rings. The van der Waals surface area contributed by atoms with Crippen LogP contribution < -0.4 is 0 Å². The molecule has 110 valence electrons. The number of aliphatic carboxylic acids is 1. The van der Waals surface area contributed by atoms with E-state index in [1.54, 1.807) is 6.20 Å². The topological polar surface area (TPSA) is 55.1 Å². The molecule has 0 spiro atoms. The van der Waals surface area contributed by atoms with E-state index < -0.39 is 17.7 Å². The highest BCUT2D eigenvalue weighted by Gasteiger charge is 2.33. The predicted molar refractivity (Wildman–Crippen MR) is 78.0 cm³/mol. The van der Waals surface area contributed by atoms with Gasteiger partial charge in [-0.15, -0.1) is 0 Å². The van der Waals surface area contributed by atoms with Gasteiger partial charge in [-0.05, 0) is 46.4 Å². The summed E-state index contributed by atoms with van der Waals surface area (Å²) in [5.41, 5.74) is -0.878. The Kier molecular flexibility index (Phi) is 4.35. The molecule has 0 saturated carbocycles. The summed E-state index contributed by atoms with van der Waals surface area (Å²) in [6.45, 7) is 0. The van der Waals surface area contributed by atoms with Crippen LogP contribution >= 0.6 is 22.6 Å². The zero-order valence-electron chi connectivity index (χ0n) is 10.3. The van der Waals surface area contributed by atoms with Gasteiger partial charge in [0.25, 0.3) is 0 Å². The molecular formula is C13H8F3IN2O2. The minimum Gasteiger partial charge on any atom is -0.478 e. The first-order valence-electron chi connectivity index (χ1n) is 5.60. The molecule has 1 aromatic heterocycles. The Labute approximate surface area is 131 Å². The number of hydrogen-bond acceptors (Lipinski definition) is 2. The molecular weight excluding hydrogens is 400 g/mol.